The fraction of sp³-hybridized carbons (Fsp3) is 0.300. The second kappa shape index (κ2) is 8.39. The molecule has 0 aromatic heterocycles. The van der Waals surface area contributed by atoms with Gasteiger partial charge in [0.15, 0.2) is 6.61 Å². The van der Waals surface area contributed by atoms with E-state index in [-0.39, 0.29) is 22.5 Å². The number of methoxy groups -OCH3 is 1. The van der Waals surface area contributed by atoms with Gasteiger partial charge < -0.3 is 14.4 Å². The first-order valence-corrected chi connectivity index (χ1v) is 8.91. The predicted molar refractivity (Wildman–Crippen MR) is 98.3 cm³/mol. The summed E-state index contributed by atoms with van der Waals surface area (Å²) in [7, 11) is 1.59. The molecule has 7 heteroatoms. The van der Waals surface area contributed by atoms with Gasteiger partial charge in [0.2, 0.25) is 0 Å². The predicted octanol–water partition coefficient (Wildman–Crippen LogP) is 3.84. The Kier molecular flexibility index (Phi) is 5.96. The molecule has 2 aromatic rings. The molecule has 0 saturated heterocycles. The molecular formula is C20H19ClFNO4. The molecule has 3 rings (SSSR count). The number of carbonyl (C=O) groups is 2. The maximum atomic E-state index is 13.8. The van der Waals surface area contributed by atoms with Crippen molar-refractivity contribution in [3.05, 3.63) is 64.4 Å². The maximum Gasteiger partial charge on any atom is 0.343 e. The number of rotatable bonds is 7. The number of hydrogen-bond acceptors (Lipinski definition) is 4. The van der Waals surface area contributed by atoms with Crippen LogP contribution in [-0.2, 0) is 16.1 Å². The fourth-order valence-electron chi connectivity index (χ4n) is 2.71. The number of halogens is 2. The van der Waals surface area contributed by atoms with Crippen molar-refractivity contribution in [1.82, 2.24) is 4.90 Å². The van der Waals surface area contributed by atoms with E-state index in [0.29, 0.717) is 6.54 Å². The Balaban J connectivity index is 1.63. The molecule has 1 aliphatic carbocycles. The monoisotopic (exact) mass is 391 g/mol. The van der Waals surface area contributed by atoms with Crippen LogP contribution in [-0.4, -0.2) is 36.5 Å². The molecule has 1 fully saturated rings. The zero-order chi connectivity index (χ0) is 19.4. The molecule has 1 aliphatic rings. The third-order valence-electron chi connectivity index (χ3n) is 4.31. The van der Waals surface area contributed by atoms with Gasteiger partial charge in [0, 0.05) is 12.6 Å². The average Bonchev–Trinajstić information content (AvgIpc) is 3.49. The van der Waals surface area contributed by atoms with Crippen LogP contribution in [0.2, 0.25) is 5.02 Å². The summed E-state index contributed by atoms with van der Waals surface area (Å²) < 4.78 is 23.9. The molecule has 0 radical (unpaired) electrons. The van der Waals surface area contributed by atoms with Crippen LogP contribution in [0.25, 0.3) is 0 Å². The van der Waals surface area contributed by atoms with Crippen LogP contribution in [0.1, 0.15) is 28.8 Å². The summed E-state index contributed by atoms with van der Waals surface area (Å²) in [4.78, 5) is 26.3. The molecule has 27 heavy (non-hydrogen) atoms. The molecule has 0 atom stereocenters. The van der Waals surface area contributed by atoms with Gasteiger partial charge in [-0.1, -0.05) is 29.8 Å². The minimum absolute atomic E-state index is 0.0512. The minimum Gasteiger partial charge on any atom is -0.497 e. The van der Waals surface area contributed by atoms with E-state index in [9.17, 15) is 14.0 Å². The van der Waals surface area contributed by atoms with Crippen molar-refractivity contribution in [3.8, 4) is 5.75 Å². The Morgan fingerprint density at radius 1 is 1.19 bits per heavy atom. The highest BCUT2D eigenvalue weighted by Crippen LogP contribution is 2.29. The van der Waals surface area contributed by atoms with Gasteiger partial charge in [-0.15, -0.1) is 0 Å². The lowest BCUT2D eigenvalue weighted by atomic mass is 10.2. The first-order valence-electron chi connectivity index (χ1n) is 8.53. The number of esters is 1. The van der Waals surface area contributed by atoms with Gasteiger partial charge in [-0.2, -0.15) is 0 Å². The zero-order valence-corrected chi connectivity index (χ0v) is 15.5. The van der Waals surface area contributed by atoms with E-state index in [2.05, 4.69) is 0 Å². The second-order valence-corrected chi connectivity index (χ2v) is 6.68. The van der Waals surface area contributed by atoms with Crippen molar-refractivity contribution in [1.29, 1.82) is 0 Å². The molecule has 0 heterocycles. The lowest BCUT2D eigenvalue weighted by molar-refractivity contribution is -0.135. The van der Waals surface area contributed by atoms with E-state index in [1.54, 1.807) is 12.0 Å². The number of carbonyl (C=O) groups excluding carboxylic acids is 2. The van der Waals surface area contributed by atoms with Crippen LogP contribution in [0.15, 0.2) is 42.5 Å². The van der Waals surface area contributed by atoms with Crippen LogP contribution in [0.4, 0.5) is 4.39 Å². The number of hydrogen-bond donors (Lipinski definition) is 0. The fourth-order valence-corrected chi connectivity index (χ4v) is 2.95. The van der Waals surface area contributed by atoms with Crippen molar-refractivity contribution in [2.24, 2.45) is 0 Å². The molecule has 0 N–H and O–H groups in total. The Labute approximate surface area is 161 Å². The number of nitrogens with zero attached hydrogens (tertiary/aromatic N) is 1. The van der Waals surface area contributed by atoms with Crippen molar-refractivity contribution >= 4 is 23.5 Å². The van der Waals surface area contributed by atoms with E-state index in [0.717, 1.165) is 30.2 Å². The van der Waals surface area contributed by atoms with Crippen LogP contribution in [0, 0.1) is 5.82 Å². The molecule has 2 aromatic carbocycles. The van der Waals surface area contributed by atoms with E-state index in [1.165, 1.54) is 12.1 Å². The molecule has 1 saturated carbocycles. The first-order chi connectivity index (χ1) is 13.0. The molecule has 5 nitrogen and oxygen atoms in total. The van der Waals surface area contributed by atoms with Crippen molar-refractivity contribution in [2.45, 2.75) is 25.4 Å². The van der Waals surface area contributed by atoms with E-state index >= 15 is 0 Å². The number of ether oxygens (including phenoxy) is 2. The van der Waals surface area contributed by atoms with Crippen LogP contribution in [0.5, 0.6) is 5.75 Å². The van der Waals surface area contributed by atoms with Crippen molar-refractivity contribution in [2.75, 3.05) is 13.7 Å². The van der Waals surface area contributed by atoms with E-state index in [1.807, 2.05) is 24.3 Å². The van der Waals surface area contributed by atoms with Crippen molar-refractivity contribution < 1.29 is 23.5 Å². The molecule has 0 spiro atoms. The van der Waals surface area contributed by atoms with E-state index in [4.69, 9.17) is 21.1 Å². The highest BCUT2D eigenvalue weighted by Gasteiger charge is 2.33. The average molecular weight is 392 g/mol. The van der Waals surface area contributed by atoms with Gasteiger partial charge in [-0.3, -0.25) is 4.79 Å². The topological polar surface area (TPSA) is 55.8 Å². The summed E-state index contributed by atoms with van der Waals surface area (Å²) in [5.41, 5.74) is 0.583. The van der Waals surface area contributed by atoms with Gasteiger partial charge in [0.05, 0.1) is 12.1 Å². The SMILES string of the molecule is COc1ccc(CN(C(=O)COC(=O)c2c(F)cccc2Cl)C2CC2)cc1. The lowest BCUT2D eigenvalue weighted by Gasteiger charge is -2.22. The molecular weight excluding hydrogens is 373 g/mol. The molecule has 0 unspecified atom stereocenters. The van der Waals surface area contributed by atoms with Gasteiger partial charge in [0.1, 0.15) is 17.1 Å². The van der Waals surface area contributed by atoms with Crippen molar-refractivity contribution in [3.63, 3.8) is 0 Å². The molecule has 142 valence electrons. The summed E-state index contributed by atoms with van der Waals surface area (Å²) in [6, 6.07) is 11.4. The second-order valence-electron chi connectivity index (χ2n) is 6.27. The lowest BCUT2D eigenvalue weighted by Crippen LogP contribution is -2.36. The van der Waals surface area contributed by atoms with Crippen LogP contribution < -0.4 is 4.74 Å². The van der Waals surface area contributed by atoms with Gasteiger partial charge in [-0.05, 0) is 42.7 Å². The largest absolute Gasteiger partial charge is 0.497 e. The van der Waals surface area contributed by atoms with Crippen LogP contribution >= 0.6 is 11.6 Å². The summed E-state index contributed by atoms with van der Waals surface area (Å²) in [5.74, 6) is -1.32. The highest BCUT2D eigenvalue weighted by molar-refractivity contribution is 6.33. The zero-order valence-electron chi connectivity index (χ0n) is 14.8. The quantitative estimate of drug-likeness (QED) is 0.673. The van der Waals surface area contributed by atoms with Gasteiger partial charge >= 0.3 is 5.97 Å². The Bertz CT molecular complexity index is 816. The third-order valence-corrected chi connectivity index (χ3v) is 4.63. The third kappa shape index (κ3) is 4.77. The highest BCUT2D eigenvalue weighted by atomic mass is 35.5. The molecule has 0 aliphatic heterocycles. The Morgan fingerprint density at radius 2 is 1.89 bits per heavy atom. The Hall–Kier alpha value is -2.60. The summed E-state index contributed by atoms with van der Waals surface area (Å²) >= 11 is 5.85. The smallest absolute Gasteiger partial charge is 0.343 e. The normalized spacial score (nSPS) is 13.1. The molecule has 0 bridgehead atoms. The molecule has 1 amide bonds. The summed E-state index contributed by atoms with van der Waals surface area (Å²) in [6.07, 6.45) is 1.82. The summed E-state index contributed by atoms with van der Waals surface area (Å²) in [5, 5.41) is -0.0512. The van der Waals surface area contributed by atoms with Gasteiger partial charge in [0.25, 0.3) is 5.91 Å². The first kappa shape index (κ1) is 19.2. The Morgan fingerprint density at radius 3 is 2.48 bits per heavy atom. The standard InChI is InChI=1S/C20H19ClFNO4/c1-26-15-9-5-13(6-10-15)11-23(14-7-8-14)18(24)12-27-20(25)19-16(21)3-2-4-17(19)22/h2-6,9-10,14H,7-8,11-12H2,1H3. The maximum absolute atomic E-state index is 13.8. The minimum atomic E-state index is -0.952. The number of benzene rings is 2. The summed E-state index contributed by atoms with van der Waals surface area (Å²) in [6.45, 7) is -0.0539. The van der Waals surface area contributed by atoms with Gasteiger partial charge in [-0.25, -0.2) is 9.18 Å². The van der Waals surface area contributed by atoms with Crippen LogP contribution in [0.3, 0.4) is 0 Å². The number of amides is 1. The van der Waals surface area contributed by atoms with E-state index < -0.39 is 18.4 Å².